The van der Waals surface area contributed by atoms with Crippen molar-refractivity contribution in [3.8, 4) is 17.0 Å². The fourth-order valence-electron chi connectivity index (χ4n) is 2.60. The molecule has 3 N–H and O–H groups in total. The molecule has 3 rings (SSSR count). The molecule has 0 fully saturated rings. The van der Waals surface area contributed by atoms with E-state index in [2.05, 4.69) is 15.5 Å². The van der Waals surface area contributed by atoms with Crippen molar-refractivity contribution in [1.82, 2.24) is 10.2 Å². The molecule has 6 heteroatoms. The van der Waals surface area contributed by atoms with Gasteiger partial charge in [0, 0.05) is 16.3 Å². The summed E-state index contributed by atoms with van der Waals surface area (Å²) in [5.41, 5.74) is 4.71. The highest BCUT2D eigenvalue weighted by Crippen LogP contribution is 2.32. The fraction of sp³-hybridized carbons (Fsp3) is 0.158. The van der Waals surface area contributed by atoms with Crippen LogP contribution in [0.2, 0.25) is 5.02 Å². The molecule has 0 aliphatic carbocycles. The summed E-state index contributed by atoms with van der Waals surface area (Å²) in [7, 11) is 0. The van der Waals surface area contributed by atoms with Crippen molar-refractivity contribution in [3.63, 3.8) is 0 Å². The molecule has 3 aromatic rings. The second-order valence-corrected chi connectivity index (χ2v) is 6.47. The highest BCUT2D eigenvalue weighted by atomic mass is 35.5. The van der Waals surface area contributed by atoms with Gasteiger partial charge in [0.2, 0.25) is 0 Å². The van der Waals surface area contributed by atoms with Gasteiger partial charge in [-0.25, -0.2) is 0 Å². The number of phenolic OH excluding ortho intramolecular Hbond substituents is 1. The minimum Gasteiger partial charge on any atom is -0.507 e. The number of anilines is 1. The lowest BCUT2D eigenvalue weighted by molar-refractivity contribution is 0.102. The molecule has 0 bridgehead atoms. The number of halogens is 1. The van der Waals surface area contributed by atoms with Crippen LogP contribution in [0.1, 0.15) is 27.2 Å². The number of aromatic nitrogens is 2. The van der Waals surface area contributed by atoms with Crippen LogP contribution >= 0.6 is 11.6 Å². The van der Waals surface area contributed by atoms with Gasteiger partial charge >= 0.3 is 0 Å². The summed E-state index contributed by atoms with van der Waals surface area (Å²) < 4.78 is 0. The number of amides is 1. The zero-order valence-electron chi connectivity index (χ0n) is 14.1. The number of benzene rings is 2. The van der Waals surface area contributed by atoms with Crippen molar-refractivity contribution >= 4 is 23.2 Å². The minimum atomic E-state index is -0.331. The number of nitrogens with one attached hydrogen (secondary N) is 2. The molecule has 2 aromatic carbocycles. The van der Waals surface area contributed by atoms with E-state index in [1.165, 1.54) is 0 Å². The van der Waals surface area contributed by atoms with Gasteiger partial charge in [0.05, 0.1) is 5.69 Å². The summed E-state index contributed by atoms with van der Waals surface area (Å²) in [5.74, 6) is -0.170. The molecule has 128 valence electrons. The third-order valence-electron chi connectivity index (χ3n) is 3.97. The van der Waals surface area contributed by atoms with Crippen LogP contribution in [0.25, 0.3) is 11.3 Å². The predicted molar refractivity (Wildman–Crippen MR) is 99.3 cm³/mol. The first-order valence-electron chi connectivity index (χ1n) is 7.78. The van der Waals surface area contributed by atoms with Gasteiger partial charge < -0.3 is 10.4 Å². The zero-order valence-corrected chi connectivity index (χ0v) is 14.9. The maximum atomic E-state index is 12.4. The van der Waals surface area contributed by atoms with Crippen LogP contribution in [0.4, 0.5) is 5.69 Å². The zero-order chi connectivity index (χ0) is 18.1. The first-order valence-corrected chi connectivity index (χ1v) is 8.16. The number of aromatic hydroxyl groups is 1. The van der Waals surface area contributed by atoms with Gasteiger partial charge in [-0.15, -0.1) is 0 Å². The van der Waals surface area contributed by atoms with Gasteiger partial charge in [0.1, 0.15) is 11.4 Å². The van der Waals surface area contributed by atoms with E-state index in [0.29, 0.717) is 27.7 Å². The summed E-state index contributed by atoms with van der Waals surface area (Å²) in [6.07, 6.45) is 0. The summed E-state index contributed by atoms with van der Waals surface area (Å²) in [6.45, 7) is 5.66. The van der Waals surface area contributed by atoms with Crippen molar-refractivity contribution in [3.05, 3.63) is 63.8 Å². The van der Waals surface area contributed by atoms with Crippen LogP contribution < -0.4 is 5.32 Å². The molecule has 0 aliphatic heterocycles. The lowest BCUT2D eigenvalue weighted by Crippen LogP contribution is -2.12. The molecule has 1 amide bonds. The molecule has 0 unspecified atom stereocenters. The van der Waals surface area contributed by atoms with Crippen molar-refractivity contribution < 1.29 is 9.90 Å². The Bertz CT molecular complexity index is 963. The smallest absolute Gasteiger partial charge is 0.273 e. The molecule has 0 saturated carbocycles. The van der Waals surface area contributed by atoms with E-state index in [-0.39, 0.29) is 11.7 Å². The van der Waals surface area contributed by atoms with Crippen LogP contribution in [-0.2, 0) is 0 Å². The maximum absolute atomic E-state index is 12.4. The maximum Gasteiger partial charge on any atom is 0.273 e. The average molecular weight is 356 g/mol. The lowest BCUT2D eigenvalue weighted by atomic mass is 10.0. The number of hydrogen-bond donors (Lipinski definition) is 3. The van der Waals surface area contributed by atoms with E-state index >= 15 is 0 Å². The van der Waals surface area contributed by atoms with Gasteiger partial charge in [-0.2, -0.15) is 5.10 Å². The Morgan fingerprint density at radius 3 is 2.60 bits per heavy atom. The first kappa shape index (κ1) is 17.0. The molecule has 1 aromatic heterocycles. The van der Waals surface area contributed by atoms with E-state index in [0.717, 1.165) is 16.7 Å². The van der Waals surface area contributed by atoms with Gasteiger partial charge in [-0.05, 0) is 61.7 Å². The Hall–Kier alpha value is -2.79. The molecule has 0 aliphatic rings. The topological polar surface area (TPSA) is 78.0 Å². The molecule has 0 saturated heterocycles. The molecule has 0 atom stereocenters. The van der Waals surface area contributed by atoms with E-state index in [1.54, 1.807) is 18.2 Å². The van der Waals surface area contributed by atoms with Crippen LogP contribution in [0.3, 0.4) is 0 Å². The number of aryl methyl sites for hydroxylation is 3. The number of carbonyl (C=O) groups is 1. The molecule has 25 heavy (non-hydrogen) atoms. The molecule has 5 nitrogen and oxygen atoms in total. The van der Waals surface area contributed by atoms with E-state index in [4.69, 9.17) is 11.6 Å². The Kier molecular flexibility index (Phi) is 4.51. The summed E-state index contributed by atoms with van der Waals surface area (Å²) in [6, 6.07) is 10.6. The van der Waals surface area contributed by atoms with Crippen molar-refractivity contribution in [1.29, 1.82) is 0 Å². The van der Waals surface area contributed by atoms with E-state index in [9.17, 15) is 9.90 Å². The van der Waals surface area contributed by atoms with Crippen LogP contribution in [0, 0.1) is 20.8 Å². The summed E-state index contributed by atoms with van der Waals surface area (Å²) >= 11 is 6.08. The van der Waals surface area contributed by atoms with E-state index < -0.39 is 0 Å². The Balaban J connectivity index is 1.86. The largest absolute Gasteiger partial charge is 0.507 e. The minimum absolute atomic E-state index is 0.161. The highest BCUT2D eigenvalue weighted by Gasteiger charge is 2.15. The van der Waals surface area contributed by atoms with E-state index in [1.807, 2.05) is 39.0 Å². The number of phenols is 1. The number of hydrogen-bond acceptors (Lipinski definition) is 3. The molecule has 1 heterocycles. The Morgan fingerprint density at radius 1 is 1.12 bits per heavy atom. The number of carbonyl (C=O) groups excluding carboxylic acids is 1. The van der Waals surface area contributed by atoms with Gasteiger partial charge in [-0.1, -0.05) is 23.7 Å². The molecular weight excluding hydrogens is 338 g/mol. The third kappa shape index (κ3) is 3.51. The monoisotopic (exact) mass is 355 g/mol. The first-order chi connectivity index (χ1) is 11.8. The SMILES string of the molecule is Cc1cc(C)c(O)c(-c2cc(C(=O)Nc3ccc(C)c(Cl)c3)[nH]n2)c1. The summed E-state index contributed by atoms with van der Waals surface area (Å²) in [4.78, 5) is 12.4. The molecular formula is C19H18ClN3O2. The van der Waals surface area contributed by atoms with Crippen molar-refractivity contribution in [2.45, 2.75) is 20.8 Å². The van der Waals surface area contributed by atoms with Crippen LogP contribution in [-0.4, -0.2) is 21.2 Å². The van der Waals surface area contributed by atoms with Crippen LogP contribution in [0.5, 0.6) is 5.75 Å². The normalized spacial score (nSPS) is 10.7. The third-order valence-corrected chi connectivity index (χ3v) is 4.38. The van der Waals surface area contributed by atoms with Crippen molar-refractivity contribution in [2.75, 3.05) is 5.32 Å². The standard InChI is InChI=1S/C19H18ClN3O2/c1-10-6-12(3)18(24)14(7-10)16-9-17(23-22-16)19(25)21-13-5-4-11(2)15(20)8-13/h4-9,24H,1-3H3,(H,21,25)(H,22,23). The number of rotatable bonds is 3. The summed E-state index contributed by atoms with van der Waals surface area (Å²) in [5, 5.41) is 20.5. The van der Waals surface area contributed by atoms with Gasteiger partial charge in [0.15, 0.2) is 0 Å². The lowest BCUT2D eigenvalue weighted by Gasteiger charge is -2.06. The number of aromatic amines is 1. The fourth-order valence-corrected chi connectivity index (χ4v) is 2.78. The van der Waals surface area contributed by atoms with Gasteiger partial charge in [-0.3, -0.25) is 9.89 Å². The van der Waals surface area contributed by atoms with Crippen LogP contribution in [0.15, 0.2) is 36.4 Å². The second-order valence-electron chi connectivity index (χ2n) is 6.06. The van der Waals surface area contributed by atoms with Crippen molar-refractivity contribution in [2.24, 2.45) is 0 Å². The second kappa shape index (κ2) is 6.61. The average Bonchev–Trinajstić information content (AvgIpc) is 3.04. The molecule has 0 radical (unpaired) electrons. The number of H-pyrrole nitrogens is 1. The quantitative estimate of drug-likeness (QED) is 0.641. The Morgan fingerprint density at radius 2 is 1.88 bits per heavy atom. The Labute approximate surface area is 150 Å². The highest BCUT2D eigenvalue weighted by molar-refractivity contribution is 6.31. The number of nitrogens with zero attached hydrogens (tertiary/aromatic N) is 1. The predicted octanol–water partition coefficient (Wildman–Crippen LogP) is 4.61. The molecule has 0 spiro atoms. The van der Waals surface area contributed by atoms with Gasteiger partial charge in [0.25, 0.3) is 5.91 Å².